The third-order valence-electron chi connectivity index (χ3n) is 0.795. The van der Waals surface area contributed by atoms with Crippen LogP contribution in [0.3, 0.4) is 0 Å². The maximum Gasteiger partial charge on any atom is 0.330 e. The van der Waals surface area contributed by atoms with Gasteiger partial charge in [-0.05, 0) is 0 Å². The summed E-state index contributed by atoms with van der Waals surface area (Å²) in [4.78, 5) is 10.3. The Morgan fingerprint density at radius 3 is 2.80 bits per heavy atom. The lowest BCUT2D eigenvalue weighted by Crippen LogP contribution is -2.21. The van der Waals surface area contributed by atoms with Gasteiger partial charge >= 0.3 is 5.97 Å². The van der Waals surface area contributed by atoms with E-state index in [0.29, 0.717) is 0 Å². The Labute approximate surface area is 58.7 Å². The number of hydrogen-bond acceptors (Lipinski definition) is 4. The van der Waals surface area contributed by atoms with Crippen molar-refractivity contribution in [1.29, 1.82) is 0 Å². The van der Waals surface area contributed by atoms with E-state index in [9.17, 15) is 4.79 Å². The molecule has 0 unspecified atom stereocenters. The van der Waals surface area contributed by atoms with E-state index in [0.717, 1.165) is 6.08 Å². The second kappa shape index (κ2) is 4.96. The summed E-state index contributed by atoms with van der Waals surface area (Å²) in [6, 6.07) is 0. The topological polar surface area (TPSA) is 66.8 Å². The largest absolute Gasteiger partial charge is 0.460 e. The SMILES string of the molecule is C=CC(=O)OC[C@@H](O)CO. The molecule has 10 heavy (non-hydrogen) atoms. The van der Waals surface area contributed by atoms with Crippen molar-refractivity contribution in [3.8, 4) is 0 Å². The predicted molar refractivity (Wildman–Crippen MR) is 34.2 cm³/mol. The van der Waals surface area contributed by atoms with E-state index >= 15 is 0 Å². The Hall–Kier alpha value is -0.870. The van der Waals surface area contributed by atoms with Crippen LogP contribution in [0.25, 0.3) is 0 Å². The summed E-state index contributed by atoms with van der Waals surface area (Å²) < 4.78 is 4.38. The Morgan fingerprint density at radius 2 is 2.40 bits per heavy atom. The van der Waals surface area contributed by atoms with Crippen LogP contribution in [0.2, 0.25) is 0 Å². The number of carbonyl (C=O) groups excluding carboxylic acids is 1. The van der Waals surface area contributed by atoms with Crippen LogP contribution in [-0.2, 0) is 9.53 Å². The molecular weight excluding hydrogens is 136 g/mol. The first-order valence-corrected chi connectivity index (χ1v) is 2.78. The van der Waals surface area contributed by atoms with Crippen molar-refractivity contribution >= 4 is 5.97 Å². The Bertz CT molecular complexity index is 121. The first-order chi connectivity index (χ1) is 4.70. The molecule has 0 aromatic heterocycles. The molecular formula is C6H10O4. The van der Waals surface area contributed by atoms with Crippen molar-refractivity contribution in [3.63, 3.8) is 0 Å². The molecule has 2 N–H and O–H groups in total. The van der Waals surface area contributed by atoms with Gasteiger partial charge in [-0.25, -0.2) is 4.79 Å². The summed E-state index contributed by atoms with van der Waals surface area (Å²) >= 11 is 0. The molecule has 0 amide bonds. The summed E-state index contributed by atoms with van der Waals surface area (Å²) in [5, 5.41) is 16.9. The van der Waals surface area contributed by atoms with Gasteiger partial charge in [0, 0.05) is 6.08 Å². The van der Waals surface area contributed by atoms with Gasteiger partial charge in [-0.3, -0.25) is 0 Å². The zero-order chi connectivity index (χ0) is 7.98. The fraction of sp³-hybridized carbons (Fsp3) is 0.500. The number of esters is 1. The average molecular weight is 146 g/mol. The highest BCUT2D eigenvalue weighted by molar-refractivity contribution is 5.81. The molecule has 0 heterocycles. The van der Waals surface area contributed by atoms with Crippen molar-refractivity contribution in [2.45, 2.75) is 6.10 Å². The molecule has 0 aromatic carbocycles. The second-order valence-corrected chi connectivity index (χ2v) is 1.67. The number of rotatable bonds is 4. The highest BCUT2D eigenvalue weighted by Crippen LogP contribution is 1.84. The third kappa shape index (κ3) is 4.05. The van der Waals surface area contributed by atoms with Gasteiger partial charge in [0.25, 0.3) is 0 Å². The molecule has 0 aliphatic rings. The number of aliphatic hydroxyl groups is 2. The highest BCUT2D eigenvalue weighted by atomic mass is 16.5. The van der Waals surface area contributed by atoms with Crippen LogP contribution >= 0.6 is 0 Å². The van der Waals surface area contributed by atoms with Crippen molar-refractivity contribution < 1.29 is 19.7 Å². The van der Waals surface area contributed by atoms with E-state index in [2.05, 4.69) is 11.3 Å². The maximum atomic E-state index is 10.3. The van der Waals surface area contributed by atoms with Crippen LogP contribution in [0.4, 0.5) is 0 Å². The molecule has 1 atom stereocenters. The van der Waals surface area contributed by atoms with Crippen molar-refractivity contribution in [3.05, 3.63) is 12.7 Å². The van der Waals surface area contributed by atoms with Gasteiger partial charge in [-0.2, -0.15) is 0 Å². The molecule has 0 aliphatic carbocycles. The number of carbonyl (C=O) groups is 1. The standard InChI is InChI=1S/C6H10O4/c1-2-6(9)10-4-5(8)3-7/h2,5,7-8H,1,3-4H2/t5-/m0/s1. The summed E-state index contributed by atoms with van der Waals surface area (Å²) in [7, 11) is 0. The molecule has 0 saturated heterocycles. The monoisotopic (exact) mass is 146 g/mol. The van der Waals surface area contributed by atoms with E-state index in [4.69, 9.17) is 10.2 Å². The van der Waals surface area contributed by atoms with Crippen LogP contribution in [-0.4, -0.2) is 35.5 Å². The second-order valence-electron chi connectivity index (χ2n) is 1.67. The minimum Gasteiger partial charge on any atom is -0.460 e. The first kappa shape index (κ1) is 9.13. The van der Waals surface area contributed by atoms with Gasteiger partial charge in [0.05, 0.1) is 6.61 Å². The van der Waals surface area contributed by atoms with E-state index in [1.165, 1.54) is 0 Å². The molecule has 4 nitrogen and oxygen atoms in total. The number of hydrogen-bond donors (Lipinski definition) is 2. The lowest BCUT2D eigenvalue weighted by atomic mass is 10.4. The highest BCUT2D eigenvalue weighted by Gasteiger charge is 2.03. The molecule has 4 heteroatoms. The lowest BCUT2D eigenvalue weighted by molar-refractivity contribution is -0.141. The van der Waals surface area contributed by atoms with Gasteiger partial charge in [0.2, 0.25) is 0 Å². The molecule has 0 aliphatic heterocycles. The molecule has 58 valence electrons. The Balaban J connectivity index is 3.34. The summed E-state index contributed by atoms with van der Waals surface area (Å²) in [6.45, 7) is 2.54. The fourth-order valence-corrected chi connectivity index (χ4v) is 0.290. The molecule has 0 fully saturated rings. The van der Waals surface area contributed by atoms with Gasteiger partial charge in [0.1, 0.15) is 12.7 Å². The molecule has 0 radical (unpaired) electrons. The minimum atomic E-state index is -0.996. The van der Waals surface area contributed by atoms with Gasteiger partial charge in [-0.1, -0.05) is 6.58 Å². The zero-order valence-electron chi connectivity index (χ0n) is 5.49. The Morgan fingerprint density at radius 1 is 1.80 bits per heavy atom. The number of ether oxygens (including phenoxy) is 1. The average Bonchev–Trinajstić information content (AvgIpc) is 1.99. The van der Waals surface area contributed by atoms with E-state index in [1.807, 2.05) is 0 Å². The first-order valence-electron chi connectivity index (χ1n) is 2.78. The quantitative estimate of drug-likeness (QED) is 0.397. The fourth-order valence-electron chi connectivity index (χ4n) is 0.290. The van der Waals surface area contributed by atoms with Crippen LogP contribution in [0.5, 0.6) is 0 Å². The van der Waals surface area contributed by atoms with Crippen LogP contribution < -0.4 is 0 Å². The smallest absolute Gasteiger partial charge is 0.330 e. The summed E-state index contributed by atoms with van der Waals surface area (Å²) in [5.74, 6) is -0.604. The van der Waals surface area contributed by atoms with Crippen LogP contribution in [0, 0.1) is 0 Å². The Kier molecular flexibility index (Phi) is 4.53. The maximum absolute atomic E-state index is 10.3. The third-order valence-corrected chi connectivity index (χ3v) is 0.795. The van der Waals surface area contributed by atoms with Crippen molar-refractivity contribution in [2.75, 3.05) is 13.2 Å². The molecule has 0 spiro atoms. The zero-order valence-corrected chi connectivity index (χ0v) is 5.49. The van der Waals surface area contributed by atoms with Crippen molar-refractivity contribution in [1.82, 2.24) is 0 Å². The normalized spacial score (nSPS) is 12.2. The molecule has 0 bridgehead atoms. The summed E-state index contributed by atoms with van der Waals surface area (Å²) in [5.41, 5.74) is 0. The van der Waals surface area contributed by atoms with Gasteiger partial charge in [0.15, 0.2) is 0 Å². The van der Waals surface area contributed by atoms with E-state index in [-0.39, 0.29) is 6.61 Å². The number of aliphatic hydroxyl groups excluding tert-OH is 2. The van der Waals surface area contributed by atoms with Crippen molar-refractivity contribution in [2.24, 2.45) is 0 Å². The summed E-state index contributed by atoms with van der Waals surface area (Å²) in [6.07, 6.45) is -0.00622. The van der Waals surface area contributed by atoms with E-state index in [1.54, 1.807) is 0 Å². The van der Waals surface area contributed by atoms with Crippen LogP contribution in [0.15, 0.2) is 12.7 Å². The van der Waals surface area contributed by atoms with Gasteiger partial charge in [-0.15, -0.1) is 0 Å². The predicted octanol–water partition coefficient (Wildman–Crippen LogP) is -0.931. The lowest BCUT2D eigenvalue weighted by Gasteiger charge is -2.05. The molecule has 0 rings (SSSR count). The molecule has 0 aromatic rings. The molecule has 0 saturated carbocycles. The van der Waals surface area contributed by atoms with Crippen LogP contribution in [0.1, 0.15) is 0 Å². The van der Waals surface area contributed by atoms with Gasteiger partial charge < -0.3 is 14.9 Å². The van der Waals surface area contributed by atoms with E-state index < -0.39 is 18.7 Å². The minimum absolute atomic E-state index is 0.193.